The van der Waals surface area contributed by atoms with Gasteiger partial charge in [-0.05, 0) is 50.3 Å². The molecule has 4 heteroatoms. The zero-order valence-corrected chi connectivity index (χ0v) is 17.0. The van der Waals surface area contributed by atoms with E-state index in [-0.39, 0.29) is 5.92 Å². The number of aryl methyl sites for hydroxylation is 1. The normalized spacial score (nSPS) is 13.2. The van der Waals surface area contributed by atoms with Gasteiger partial charge in [0.25, 0.3) is 0 Å². The first-order chi connectivity index (χ1) is 12.5. The fraction of sp³-hybridized carbons (Fsp3) is 0.727. The molecule has 0 aliphatic heterocycles. The van der Waals surface area contributed by atoms with Gasteiger partial charge in [0.1, 0.15) is 0 Å². The van der Waals surface area contributed by atoms with Gasteiger partial charge in [-0.15, -0.1) is 0 Å². The lowest BCUT2D eigenvalue weighted by molar-refractivity contribution is -0.230. The van der Waals surface area contributed by atoms with Crippen LogP contribution in [-0.4, -0.2) is 20.0 Å². The Morgan fingerprint density at radius 2 is 1.50 bits per heavy atom. The summed E-state index contributed by atoms with van der Waals surface area (Å²) >= 11 is 0. The van der Waals surface area contributed by atoms with Crippen LogP contribution in [0.3, 0.4) is 0 Å². The van der Waals surface area contributed by atoms with Crippen molar-refractivity contribution in [2.24, 2.45) is 5.92 Å². The smallest absolute Gasteiger partial charge is 0.167 e. The number of hydrogen-bond donors (Lipinski definition) is 0. The molecule has 150 valence electrons. The van der Waals surface area contributed by atoms with Gasteiger partial charge in [0.15, 0.2) is 17.4 Å². The second-order valence-electron chi connectivity index (χ2n) is 7.32. The molecule has 0 amide bonds. The van der Waals surface area contributed by atoms with Gasteiger partial charge in [0.05, 0.1) is 0 Å². The number of benzene rings is 1. The molecule has 1 aromatic carbocycles. The fourth-order valence-electron chi connectivity index (χ4n) is 3.50. The van der Waals surface area contributed by atoms with E-state index in [0.29, 0.717) is 0 Å². The van der Waals surface area contributed by atoms with Crippen LogP contribution in [-0.2, 0) is 15.9 Å². The van der Waals surface area contributed by atoms with Crippen molar-refractivity contribution in [3.63, 3.8) is 0 Å². The van der Waals surface area contributed by atoms with Gasteiger partial charge in [-0.25, -0.2) is 8.78 Å². The SMILES string of the molecule is CCCCCCCCC(CCCc1ccc(F)c(F)c1)C(C)(OC)OC. The Hall–Kier alpha value is -1.00. The second-order valence-corrected chi connectivity index (χ2v) is 7.32. The summed E-state index contributed by atoms with van der Waals surface area (Å²) in [7, 11) is 3.38. The first-order valence-corrected chi connectivity index (χ1v) is 10.0. The van der Waals surface area contributed by atoms with Crippen LogP contribution < -0.4 is 0 Å². The van der Waals surface area contributed by atoms with E-state index in [0.717, 1.165) is 31.2 Å². The molecule has 0 aromatic heterocycles. The van der Waals surface area contributed by atoms with E-state index in [1.165, 1.54) is 50.7 Å². The number of hydrogen-bond acceptors (Lipinski definition) is 2. The average Bonchev–Trinajstić information content (AvgIpc) is 2.65. The zero-order chi connectivity index (χ0) is 19.4. The molecule has 26 heavy (non-hydrogen) atoms. The average molecular weight is 371 g/mol. The third-order valence-corrected chi connectivity index (χ3v) is 5.46. The number of halogens is 2. The van der Waals surface area contributed by atoms with Crippen LogP contribution in [0.2, 0.25) is 0 Å². The van der Waals surface area contributed by atoms with E-state index in [1.807, 2.05) is 6.92 Å². The van der Waals surface area contributed by atoms with Crippen molar-refractivity contribution in [3.8, 4) is 0 Å². The molecule has 1 atom stereocenters. The van der Waals surface area contributed by atoms with Crippen LogP contribution >= 0.6 is 0 Å². The summed E-state index contributed by atoms with van der Waals surface area (Å²) in [5.41, 5.74) is 0.832. The van der Waals surface area contributed by atoms with E-state index in [2.05, 4.69) is 6.92 Å². The van der Waals surface area contributed by atoms with Crippen molar-refractivity contribution in [1.29, 1.82) is 0 Å². The largest absolute Gasteiger partial charge is 0.353 e. The van der Waals surface area contributed by atoms with E-state index < -0.39 is 17.4 Å². The van der Waals surface area contributed by atoms with Crippen LogP contribution in [0.5, 0.6) is 0 Å². The molecule has 0 spiro atoms. The number of rotatable bonds is 14. The molecule has 1 aromatic rings. The van der Waals surface area contributed by atoms with Gasteiger partial charge in [0, 0.05) is 20.1 Å². The van der Waals surface area contributed by atoms with E-state index in [1.54, 1.807) is 20.3 Å². The van der Waals surface area contributed by atoms with Crippen LogP contribution in [0.25, 0.3) is 0 Å². The molecule has 0 fully saturated rings. The standard InChI is InChI=1S/C22H36F2O2/c1-5-6-7-8-9-10-13-19(22(2,25-3)26-4)14-11-12-18-15-16-20(23)21(24)17-18/h15-17,19H,5-14H2,1-4H3. The maximum absolute atomic E-state index is 13.3. The summed E-state index contributed by atoms with van der Waals surface area (Å²) in [5.74, 6) is -1.88. The first-order valence-electron chi connectivity index (χ1n) is 10.0. The number of methoxy groups -OCH3 is 2. The van der Waals surface area contributed by atoms with Gasteiger partial charge >= 0.3 is 0 Å². The molecule has 0 aliphatic carbocycles. The van der Waals surface area contributed by atoms with E-state index >= 15 is 0 Å². The monoisotopic (exact) mass is 370 g/mol. The first kappa shape index (κ1) is 23.0. The summed E-state index contributed by atoms with van der Waals surface area (Å²) in [6, 6.07) is 4.16. The van der Waals surface area contributed by atoms with Crippen molar-refractivity contribution in [3.05, 3.63) is 35.4 Å². The van der Waals surface area contributed by atoms with Crippen molar-refractivity contribution in [1.82, 2.24) is 0 Å². The van der Waals surface area contributed by atoms with E-state index in [4.69, 9.17) is 9.47 Å². The highest BCUT2D eigenvalue weighted by molar-refractivity contribution is 5.17. The Kier molecular flexibility index (Phi) is 11.0. The highest BCUT2D eigenvalue weighted by atomic mass is 19.2. The third-order valence-electron chi connectivity index (χ3n) is 5.46. The summed E-state index contributed by atoms with van der Waals surface area (Å²) in [6.07, 6.45) is 11.2. The quantitative estimate of drug-likeness (QED) is 0.269. The van der Waals surface area contributed by atoms with Gasteiger partial charge in [0.2, 0.25) is 0 Å². The highest BCUT2D eigenvalue weighted by Gasteiger charge is 2.33. The molecular formula is C22H36F2O2. The Morgan fingerprint density at radius 1 is 0.885 bits per heavy atom. The van der Waals surface area contributed by atoms with Crippen molar-refractivity contribution in [2.45, 2.75) is 83.8 Å². The topological polar surface area (TPSA) is 18.5 Å². The lowest BCUT2D eigenvalue weighted by Crippen LogP contribution is -2.39. The molecule has 0 saturated carbocycles. The lowest BCUT2D eigenvalue weighted by atomic mass is 9.87. The predicted molar refractivity (Wildman–Crippen MR) is 103 cm³/mol. The zero-order valence-electron chi connectivity index (χ0n) is 17.0. The summed E-state index contributed by atoms with van der Waals surface area (Å²) in [6.45, 7) is 4.22. The maximum Gasteiger partial charge on any atom is 0.167 e. The van der Waals surface area contributed by atoms with Crippen LogP contribution in [0.4, 0.5) is 8.78 Å². The summed E-state index contributed by atoms with van der Waals surface area (Å²) < 4.78 is 37.7. The van der Waals surface area contributed by atoms with Crippen molar-refractivity contribution >= 4 is 0 Å². The van der Waals surface area contributed by atoms with Crippen molar-refractivity contribution in [2.75, 3.05) is 14.2 Å². The molecule has 0 heterocycles. The second kappa shape index (κ2) is 12.4. The Labute approximate surface area is 158 Å². The fourth-order valence-corrected chi connectivity index (χ4v) is 3.50. The molecule has 2 nitrogen and oxygen atoms in total. The predicted octanol–water partition coefficient (Wildman–Crippen LogP) is 6.66. The number of unbranched alkanes of at least 4 members (excludes halogenated alkanes) is 5. The Balaban J connectivity index is 2.51. The molecule has 0 radical (unpaired) electrons. The van der Waals surface area contributed by atoms with Crippen LogP contribution in [0.15, 0.2) is 18.2 Å². The minimum atomic E-state index is -0.791. The van der Waals surface area contributed by atoms with Gasteiger partial charge < -0.3 is 9.47 Å². The third kappa shape index (κ3) is 7.71. The Bertz CT molecular complexity index is 501. The minimum Gasteiger partial charge on any atom is -0.353 e. The molecule has 1 unspecified atom stereocenters. The molecule has 0 saturated heterocycles. The molecule has 0 aliphatic rings. The number of ether oxygens (including phenoxy) is 2. The maximum atomic E-state index is 13.3. The van der Waals surface area contributed by atoms with Gasteiger partial charge in [-0.1, -0.05) is 51.5 Å². The Morgan fingerprint density at radius 3 is 2.12 bits per heavy atom. The summed E-state index contributed by atoms with van der Waals surface area (Å²) in [5, 5.41) is 0. The highest BCUT2D eigenvalue weighted by Crippen LogP contribution is 2.31. The molecule has 1 rings (SSSR count). The van der Waals surface area contributed by atoms with Gasteiger partial charge in [-0.3, -0.25) is 0 Å². The molecule has 0 bridgehead atoms. The van der Waals surface area contributed by atoms with Gasteiger partial charge in [-0.2, -0.15) is 0 Å². The van der Waals surface area contributed by atoms with Crippen LogP contribution in [0, 0.1) is 17.6 Å². The molecule has 0 N–H and O–H groups in total. The minimum absolute atomic E-state index is 0.286. The van der Waals surface area contributed by atoms with Crippen molar-refractivity contribution < 1.29 is 18.3 Å². The van der Waals surface area contributed by atoms with Crippen LogP contribution in [0.1, 0.15) is 77.2 Å². The van der Waals surface area contributed by atoms with E-state index in [9.17, 15) is 8.78 Å². The molecular weight excluding hydrogens is 334 g/mol. The summed E-state index contributed by atoms with van der Waals surface area (Å²) in [4.78, 5) is 0. The lowest BCUT2D eigenvalue weighted by Gasteiger charge is -2.35.